The van der Waals surface area contributed by atoms with Crippen molar-refractivity contribution in [1.29, 1.82) is 0 Å². The zero-order valence-corrected chi connectivity index (χ0v) is 12.8. The molecular weight excluding hydrogens is 236 g/mol. The molecule has 0 aliphatic heterocycles. The van der Waals surface area contributed by atoms with E-state index in [2.05, 4.69) is 31.0 Å². The highest BCUT2D eigenvalue weighted by Gasteiger charge is 2.14. The number of carbonyl (C=O) groups excluding carboxylic acids is 1. The fourth-order valence-corrected chi connectivity index (χ4v) is 1.76. The van der Waals surface area contributed by atoms with E-state index >= 15 is 0 Å². The molecule has 0 fully saturated rings. The molecule has 0 unspecified atom stereocenters. The van der Waals surface area contributed by atoms with Crippen molar-refractivity contribution >= 4 is 5.78 Å². The van der Waals surface area contributed by atoms with E-state index < -0.39 is 0 Å². The molecule has 1 rings (SSSR count). The Morgan fingerprint density at radius 3 is 2.21 bits per heavy atom. The molecule has 3 heteroatoms. The number of ketones is 1. The molecule has 1 N–H and O–H groups in total. The molecule has 0 amide bonds. The summed E-state index contributed by atoms with van der Waals surface area (Å²) in [6.07, 6.45) is 0. The topological polar surface area (TPSA) is 32.3 Å². The van der Waals surface area contributed by atoms with Crippen LogP contribution in [0, 0.1) is 0 Å². The van der Waals surface area contributed by atoms with Crippen molar-refractivity contribution in [2.24, 2.45) is 0 Å². The van der Waals surface area contributed by atoms with Crippen molar-refractivity contribution in [3.63, 3.8) is 0 Å². The summed E-state index contributed by atoms with van der Waals surface area (Å²) >= 11 is 0. The van der Waals surface area contributed by atoms with Gasteiger partial charge in [-0.05, 0) is 25.1 Å². The maximum atomic E-state index is 12.0. The molecule has 0 saturated heterocycles. The van der Waals surface area contributed by atoms with Crippen LogP contribution in [0.1, 0.15) is 36.7 Å². The Kier molecular flexibility index (Phi) is 5.70. The van der Waals surface area contributed by atoms with E-state index in [0.29, 0.717) is 6.54 Å². The van der Waals surface area contributed by atoms with Crippen LogP contribution in [0.25, 0.3) is 0 Å². The van der Waals surface area contributed by atoms with Crippen molar-refractivity contribution in [3.8, 4) is 0 Å². The van der Waals surface area contributed by atoms with Gasteiger partial charge in [-0.15, -0.1) is 0 Å². The average molecular weight is 262 g/mol. The van der Waals surface area contributed by atoms with Gasteiger partial charge in [-0.3, -0.25) is 4.79 Å². The first-order valence-electron chi connectivity index (χ1n) is 6.80. The molecule has 3 nitrogen and oxygen atoms in total. The van der Waals surface area contributed by atoms with Gasteiger partial charge in [0.05, 0.1) is 6.54 Å². The van der Waals surface area contributed by atoms with Crippen LogP contribution in [0.15, 0.2) is 24.3 Å². The Hall–Kier alpha value is -1.19. The van der Waals surface area contributed by atoms with Crippen molar-refractivity contribution in [2.45, 2.75) is 26.2 Å². The lowest BCUT2D eigenvalue weighted by atomic mass is 9.86. The number of nitrogens with zero attached hydrogens (tertiary/aromatic N) is 1. The third kappa shape index (κ3) is 5.53. The Morgan fingerprint density at radius 1 is 1.16 bits per heavy atom. The SMILES string of the molecule is CN(C)CCNCC(=O)c1ccc(C(C)(C)C)cc1. The first kappa shape index (κ1) is 15.9. The maximum Gasteiger partial charge on any atom is 0.176 e. The molecule has 0 bridgehead atoms. The molecule has 0 aromatic heterocycles. The summed E-state index contributed by atoms with van der Waals surface area (Å²) in [7, 11) is 4.05. The average Bonchev–Trinajstić information content (AvgIpc) is 2.33. The number of benzene rings is 1. The van der Waals surface area contributed by atoms with Gasteiger partial charge in [0, 0.05) is 18.7 Å². The fraction of sp³-hybridized carbons (Fsp3) is 0.562. The Bertz CT molecular complexity index is 402. The van der Waals surface area contributed by atoms with E-state index in [1.807, 2.05) is 38.4 Å². The molecule has 1 aromatic carbocycles. The smallest absolute Gasteiger partial charge is 0.176 e. The van der Waals surface area contributed by atoms with Gasteiger partial charge in [-0.1, -0.05) is 45.0 Å². The summed E-state index contributed by atoms with van der Waals surface area (Å²) in [5.41, 5.74) is 2.17. The van der Waals surface area contributed by atoms with Crippen LogP contribution in [0.5, 0.6) is 0 Å². The zero-order chi connectivity index (χ0) is 14.5. The van der Waals surface area contributed by atoms with Gasteiger partial charge in [-0.2, -0.15) is 0 Å². The number of Topliss-reactive ketones (excluding diaryl/α,β-unsaturated/α-hetero) is 1. The van der Waals surface area contributed by atoms with E-state index in [9.17, 15) is 4.79 Å². The fourth-order valence-electron chi connectivity index (χ4n) is 1.76. The quantitative estimate of drug-likeness (QED) is 0.631. The molecular formula is C16H26N2O. The largest absolute Gasteiger partial charge is 0.308 e. The van der Waals surface area contributed by atoms with Gasteiger partial charge in [-0.25, -0.2) is 0 Å². The predicted octanol–water partition coefficient (Wildman–Crippen LogP) is 2.32. The van der Waals surface area contributed by atoms with Crippen LogP contribution < -0.4 is 5.32 Å². The zero-order valence-electron chi connectivity index (χ0n) is 12.8. The monoisotopic (exact) mass is 262 g/mol. The second-order valence-electron chi connectivity index (χ2n) is 6.23. The third-order valence-corrected chi connectivity index (χ3v) is 3.09. The summed E-state index contributed by atoms with van der Waals surface area (Å²) in [5, 5.41) is 3.17. The second kappa shape index (κ2) is 6.83. The van der Waals surface area contributed by atoms with Crippen molar-refractivity contribution in [3.05, 3.63) is 35.4 Å². The minimum Gasteiger partial charge on any atom is -0.308 e. The van der Waals surface area contributed by atoms with Gasteiger partial charge < -0.3 is 10.2 Å². The van der Waals surface area contributed by atoms with Gasteiger partial charge in [0.2, 0.25) is 0 Å². The van der Waals surface area contributed by atoms with Crippen LogP contribution in [0.3, 0.4) is 0 Å². The molecule has 106 valence electrons. The lowest BCUT2D eigenvalue weighted by Crippen LogP contribution is -2.30. The standard InChI is InChI=1S/C16H26N2O/c1-16(2,3)14-8-6-13(7-9-14)15(19)12-17-10-11-18(4)5/h6-9,17H,10-12H2,1-5H3. The van der Waals surface area contributed by atoms with Crippen LogP contribution in [0.2, 0.25) is 0 Å². The van der Waals surface area contributed by atoms with Crippen LogP contribution in [-0.4, -0.2) is 44.4 Å². The highest BCUT2D eigenvalue weighted by Crippen LogP contribution is 2.22. The number of hydrogen-bond acceptors (Lipinski definition) is 3. The minimum atomic E-state index is 0.130. The lowest BCUT2D eigenvalue weighted by Gasteiger charge is -2.19. The summed E-state index contributed by atoms with van der Waals surface area (Å²) in [6, 6.07) is 7.95. The summed E-state index contributed by atoms with van der Waals surface area (Å²) in [4.78, 5) is 14.1. The third-order valence-electron chi connectivity index (χ3n) is 3.09. The first-order valence-corrected chi connectivity index (χ1v) is 6.80. The first-order chi connectivity index (χ1) is 8.80. The number of carbonyl (C=O) groups is 1. The normalized spacial score (nSPS) is 11.9. The number of likely N-dealkylation sites (N-methyl/N-ethyl adjacent to an activating group) is 1. The molecule has 0 aliphatic carbocycles. The molecule has 0 heterocycles. The van der Waals surface area contributed by atoms with Crippen LogP contribution in [-0.2, 0) is 5.41 Å². The van der Waals surface area contributed by atoms with E-state index in [0.717, 1.165) is 18.7 Å². The maximum absolute atomic E-state index is 12.0. The van der Waals surface area contributed by atoms with Gasteiger partial charge in [0.25, 0.3) is 0 Å². The Balaban J connectivity index is 2.49. The molecule has 0 aliphatic rings. The van der Waals surface area contributed by atoms with Crippen molar-refractivity contribution < 1.29 is 4.79 Å². The number of hydrogen-bond donors (Lipinski definition) is 1. The van der Waals surface area contributed by atoms with Crippen molar-refractivity contribution in [2.75, 3.05) is 33.7 Å². The van der Waals surface area contributed by atoms with Gasteiger partial charge >= 0.3 is 0 Å². The van der Waals surface area contributed by atoms with E-state index in [-0.39, 0.29) is 11.2 Å². The Morgan fingerprint density at radius 2 is 1.74 bits per heavy atom. The summed E-state index contributed by atoms with van der Waals surface area (Å²) in [6.45, 7) is 8.70. The molecule has 1 aromatic rings. The van der Waals surface area contributed by atoms with Crippen molar-refractivity contribution in [1.82, 2.24) is 10.2 Å². The van der Waals surface area contributed by atoms with E-state index in [4.69, 9.17) is 0 Å². The minimum absolute atomic E-state index is 0.130. The lowest BCUT2D eigenvalue weighted by molar-refractivity contribution is 0.0990. The van der Waals surface area contributed by atoms with Gasteiger partial charge in [0.15, 0.2) is 5.78 Å². The number of nitrogens with one attached hydrogen (secondary N) is 1. The molecule has 0 atom stereocenters. The van der Waals surface area contributed by atoms with E-state index in [1.165, 1.54) is 5.56 Å². The summed E-state index contributed by atoms with van der Waals surface area (Å²) < 4.78 is 0. The molecule has 0 saturated carbocycles. The molecule has 0 spiro atoms. The van der Waals surface area contributed by atoms with Crippen LogP contribution in [0.4, 0.5) is 0 Å². The highest BCUT2D eigenvalue weighted by molar-refractivity contribution is 5.97. The highest BCUT2D eigenvalue weighted by atomic mass is 16.1. The van der Waals surface area contributed by atoms with E-state index in [1.54, 1.807) is 0 Å². The second-order valence-corrected chi connectivity index (χ2v) is 6.23. The van der Waals surface area contributed by atoms with Crippen LogP contribution >= 0.6 is 0 Å². The Labute approximate surface area is 117 Å². The number of rotatable bonds is 6. The summed E-state index contributed by atoms with van der Waals surface area (Å²) in [5.74, 6) is 0.152. The molecule has 19 heavy (non-hydrogen) atoms. The molecule has 0 radical (unpaired) electrons. The predicted molar refractivity (Wildman–Crippen MR) is 80.9 cm³/mol. The van der Waals surface area contributed by atoms with Gasteiger partial charge in [0.1, 0.15) is 0 Å².